The molecule has 6 heteroatoms. The van der Waals surface area contributed by atoms with Crippen LogP contribution >= 0.6 is 0 Å². The maximum absolute atomic E-state index is 12.3. The van der Waals surface area contributed by atoms with Crippen molar-refractivity contribution in [1.29, 1.82) is 0 Å². The first-order chi connectivity index (χ1) is 11.6. The fourth-order valence-corrected chi connectivity index (χ4v) is 2.57. The highest BCUT2D eigenvalue weighted by molar-refractivity contribution is 5.76. The Kier molecular flexibility index (Phi) is 4.74. The molecule has 6 nitrogen and oxygen atoms in total. The minimum Gasteiger partial charge on any atom is -0.341 e. The van der Waals surface area contributed by atoms with Crippen LogP contribution in [0.3, 0.4) is 0 Å². The summed E-state index contributed by atoms with van der Waals surface area (Å²) in [5.41, 5.74) is 3.11. The fourth-order valence-electron chi connectivity index (χ4n) is 2.57. The lowest BCUT2D eigenvalue weighted by Gasteiger charge is -2.15. The maximum atomic E-state index is 12.3. The van der Waals surface area contributed by atoms with Gasteiger partial charge in [0.05, 0.1) is 18.1 Å². The van der Waals surface area contributed by atoms with E-state index in [1.807, 2.05) is 67.7 Å². The Bertz CT molecular complexity index is 806. The van der Waals surface area contributed by atoms with Crippen LogP contribution in [0.25, 0.3) is 5.69 Å². The standard InChI is InChI=1S/C18H21N5O/c1-21(12-16-11-19-22(2)13-16)18(24)9-8-15-10-20-23(14-15)17-6-4-3-5-7-17/h3-7,10-11,13-14H,8-9,12H2,1-2H3. The monoisotopic (exact) mass is 323 g/mol. The van der Waals surface area contributed by atoms with Gasteiger partial charge in [-0.15, -0.1) is 0 Å². The molecule has 124 valence electrons. The van der Waals surface area contributed by atoms with Gasteiger partial charge in [-0.25, -0.2) is 4.68 Å². The number of aromatic nitrogens is 4. The van der Waals surface area contributed by atoms with Gasteiger partial charge in [-0.1, -0.05) is 18.2 Å². The van der Waals surface area contributed by atoms with E-state index in [1.165, 1.54) is 0 Å². The summed E-state index contributed by atoms with van der Waals surface area (Å²) in [4.78, 5) is 14.0. The van der Waals surface area contributed by atoms with Crippen molar-refractivity contribution in [1.82, 2.24) is 24.5 Å². The molecule has 0 saturated heterocycles. The molecular weight excluding hydrogens is 302 g/mol. The van der Waals surface area contributed by atoms with Crippen LogP contribution < -0.4 is 0 Å². The number of rotatable bonds is 6. The highest BCUT2D eigenvalue weighted by Crippen LogP contribution is 2.10. The number of carbonyl (C=O) groups is 1. The zero-order valence-electron chi connectivity index (χ0n) is 14.0. The summed E-state index contributed by atoms with van der Waals surface area (Å²) in [6, 6.07) is 9.94. The molecule has 0 N–H and O–H groups in total. The van der Waals surface area contributed by atoms with Crippen molar-refractivity contribution in [2.45, 2.75) is 19.4 Å². The Morgan fingerprint density at radius 1 is 1.08 bits per heavy atom. The number of hydrogen-bond donors (Lipinski definition) is 0. The van der Waals surface area contributed by atoms with Gasteiger partial charge >= 0.3 is 0 Å². The second kappa shape index (κ2) is 7.12. The van der Waals surface area contributed by atoms with Gasteiger partial charge < -0.3 is 4.90 Å². The smallest absolute Gasteiger partial charge is 0.222 e. The molecule has 0 aliphatic rings. The van der Waals surface area contributed by atoms with E-state index >= 15 is 0 Å². The summed E-state index contributed by atoms with van der Waals surface area (Å²) in [5, 5.41) is 8.48. The zero-order valence-corrected chi connectivity index (χ0v) is 14.0. The van der Waals surface area contributed by atoms with Gasteiger partial charge in [0.25, 0.3) is 0 Å². The largest absolute Gasteiger partial charge is 0.341 e. The van der Waals surface area contributed by atoms with Crippen LogP contribution in [0.15, 0.2) is 55.1 Å². The Balaban J connectivity index is 1.53. The summed E-state index contributed by atoms with van der Waals surface area (Å²) in [5.74, 6) is 0.117. The van der Waals surface area contributed by atoms with Crippen LogP contribution in [0.4, 0.5) is 0 Å². The van der Waals surface area contributed by atoms with Gasteiger partial charge in [0.2, 0.25) is 5.91 Å². The lowest BCUT2D eigenvalue weighted by atomic mass is 10.2. The van der Waals surface area contributed by atoms with E-state index in [9.17, 15) is 4.79 Å². The number of para-hydroxylation sites is 1. The first kappa shape index (κ1) is 16.0. The van der Waals surface area contributed by atoms with Crippen molar-refractivity contribution < 1.29 is 4.79 Å². The fraction of sp³-hybridized carbons (Fsp3) is 0.278. The van der Waals surface area contributed by atoms with Crippen LogP contribution in [-0.4, -0.2) is 37.4 Å². The molecule has 0 bridgehead atoms. The Morgan fingerprint density at radius 3 is 2.54 bits per heavy atom. The van der Waals surface area contributed by atoms with Crippen molar-refractivity contribution in [3.05, 3.63) is 66.2 Å². The number of amides is 1. The lowest BCUT2D eigenvalue weighted by Crippen LogP contribution is -2.26. The second-order valence-corrected chi connectivity index (χ2v) is 5.90. The minimum absolute atomic E-state index is 0.117. The molecule has 1 aromatic carbocycles. The van der Waals surface area contributed by atoms with Gasteiger partial charge in [-0.3, -0.25) is 9.48 Å². The van der Waals surface area contributed by atoms with Crippen LogP contribution in [0.1, 0.15) is 17.5 Å². The maximum Gasteiger partial charge on any atom is 0.222 e. The molecule has 0 unspecified atom stereocenters. The first-order valence-corrected chi connectivity index (χ1v) is 7.92. The van der Waals surface area contributed by atoms with E-state index in [4.69, 9.17) is 0 Å². The van der Waals surface area contributed by atoms with Crippen LogP contribution in [0.2, 0.25) is 0 Å². The summed E-state index contributed by atoms with van der Waals surface area (Å²) >= 11 is 0. The Labute approximate surface area is 141 Å². The van der Waals surface area contributed by atoms with E-state index in [0.29, 0.717) is 19.4 Å². The lowest BCUT2D eigenvalue weighted by molar-refractivity contribution is -0.130. The van der Waals surface area contributed by atoms with E-state index in [0.717, 1.165) is 16.8 Å². The Morgan fingerprint density at radius 2 is 1.83 bits per heavy atom. The molecule has 0 fully saturated rings. The SMILES string of the molecule is CN(Cc1cnn(C)c1)C(=O)CCc1cnn(-c2ccccc2)c1. The molecule has 3 aromatic rings. The first-order valence-electron chi connectivity index (χ1n) is 7.92. The minimum atomic E-state index is 0.117. The van der Waals surface area contributed by atoms with Crippen molar-refractivity contribution in [2.75, 3.05) is 7.05 Å². The van der Waals surface area contributed by atoms with Gasteiger partial charge in [0.15, 0.2) is 0 Å². The van der Waals surface area contributed by atoms with Crippen molar-refractivity contribution in [3.8, 4) is 5.69 Å². The molecule has 0 aliphatic carbocycles. The molecule has 0 aliphatic heterocycles. The van der Waals surface area contributed by atoms with Crippen LogP contribution in [0, 0.1) is 0 Å². The van der Waals surface area contributed by atoms with Crippen LogP contribution in [0.5, 0.6) is 0 Å². The van der Waals surface area contributed by atoms with E-state index < -0.39 is 0 Å². The van der Waals surface area contributed by atoms with Crippen molar-refractivity contribution >= 4 is 5.91 Å². The average Bonchev–Trinajstić information content (AvgIpc) is 3.22. The predicted molar refractivity (Wildman–Crippen MR) is 91.6 cm³/mol. The summed E-state index contributed by atoms with van der Waals surface area (Å²) < 4.78 is 3.57. The number of hydrogen-bond acceptors (Lipinski definition) is 3. The number of benzene rings is 1. The van der Waals surface area contributed by atoms with E-state index in [1.54, 1.807) is 15.8 Å². The molecular formula is C18H21N5O. The molecule has 0 saturated carbocycles. The molecule has 1 amide bonds. The molecule has 0 spiro atoms. The molecule has 0 atom stereocenters. The predicted octanol–water partition coefficient (Wildman–Crippen LogP) is 2.20. The number of carbonyl (C=O) groups excluding carboxylic acids is 1. The molecule has 0 radical (unpaired) electrons. The third-order valence-electron chi connectivity index (χ3n) is 3.89. The molecule has 3 rings (SSSR count). The summed E-state index contributed by atoms with van der Waals surface area (Å²) in [6.07, 6.45) is 8.66. The van der Waals surface area contributed by atoms with Crippen molar-refractivity contribution in [3.63, 3.8) is 0 Å². The molecule has 24 heavy (non-hydrogen) atoms. The third-order valence-corrected chi connectivity index (χ3v) is 3.89. The highest BCUT2D eigenvalue weighted by Gasteiger charge is 2.11. The number of nitrogens with zero attached hydrogens (tertiary/aromatic N) is 5. The average molecular weight is 323 g/mol. The quantitative estimate of drug-likeness (QED) is 0.699. The van der Waals surface area contributed by atoms with Gasteiger partial charge in [-0.2, -0.15) is 10.2 Å². The van der Waals surface area contributed by atoms with E-state index in [-0.39, 0.29) is 5.91 Å². The van der Waals surface area contributed by atoms with Gasteiger partial charge in [0, 0.05) is 45.0 Å². The second-order valence-electron chi connectivity index (χ2n) is 5.90. The van der Waals surface area contributed by atoms with Crippen molar-refractivity contribution in [2.24, 2.45) is 7.05 Å². The molecule has 2 heterocycles. The topological polar surface area (TPSA) is 56.0 Å². The summed E-state index contributed by atoms with van der Waals surface area (Å²) in [6.45, 7) is 0.579. The zero-order chi connectivity index (χ0) is 16.9. The van der Waals surface area contributed by atoms with Crippen LogP contribution in [-0.2, 0) is 24.8 Å². The van der Waals surface area contributed by atoms with Gasteiger partial charge in [-0.05, 0) is 24.1 Å². The normalized spacial score (nSPS) is 10.8. The number of aryl methyl sites for hydroxylation is 2. The Hall–Kier alpha value is -2.89. The highest BCUT2D eigenvalue weighted by atomic mass is 16.2. The summed E-state index contributed by atoms with van der Waals surface area (Å²) in [7, 11) is 3.69. The molecule has 2 aromatic heterocycles. The van der Waals surface area contributed by atoms with Gasteiger partial charge in [0.1, 0.15) is 0 Å². The van der Waals surface area contributed by atoms with E-state index in [2.05, 4.69) is 10.2 Å². The third kappa shape index (κ3) is 3.90.